The number of aromatic nitrogens is 4. The lowest BCUT2D eigenvalue weighted by atomic mass is 9.94. The molecule has 3 aromatic rings. The van der Waals surface area contributed by atoms with Crippen molar-refractivity contribution < 1.29 is 9.47 Å². The molecule has 2 heterocycles. The van der Waals surface area contributed by atoms with Crippen molar-refractivity contribution in [3.05, 3.63) is 59.4 Å². The van der Waals surface area contributed by atoms with Crippen LogP contribution in [0, 0.1) is 6.92 Å². The van der Waals surface area contributed by atoms with Crippen LogP contribution in [0.4, 0.5) is 0 Å². The van der Waals surface area contributed by atoms with Gasteiger partial charge in [-0.1, -0.05) is 18.6 Å². The zero-order valence-corrected chi connectivity index (χ0v) is 17.2. The topological polar surface area (TPSA) is 65.3 Å². The molecule has 0 N–H and O–H groups in total. The molecule has 0 aliphatic carbocycles. The summed E-state index contributed by atoms with van der Waals surface area (Å²) in [5.74, 6) is 2.54. The second kappa shape index (κ2) is 8.61. The number of hydrogen-bond acceptors (Lipinski definition) is 6. The molecule has 1 aromatic heterocycles. The van der Waals surface area contributed by atoms with Crippen molar-refractivity contribution in [1.82, 2.24) is 25.1 Å². The third-order valence-electron chi connectivity index (χ3n) is 5.62. The van der Waals surface area contributed by atoms with Gasteiger partial charge in [0.1, 0.15) is 11.5 Å². The summed E-state index contributed by atoms with van der Waals surface area (Å²) in [5, 5.41) is 11.9. The Morgan fingerprint density at radius 2 is 1.86 bits per heavy atom. The maximum Gasteiger partial charge on any atom is 0.153 e. The van der Waals surface area contributed by atoms with Crippen molar-refractivity contribution in [2.75, 3.05) is 20.8 Å². The van der Waals surface area contributed by atoms with Gasteiger partial charge in [0.15, 0.2) is 5.82 Å². The van der Waals surface area contributed by atoms with Gasteiger partial charge in [-0.05, 0) is 72.6 Å². The van der Waals surface area contributed by atoms with E-state index in [9.17, 15) is 0 Å². The molecule has 0 amide bonds. The zero-order chi connectivity index (χ0) is 20.2. The maximum absolute atomic E-state index is 5.66. The van der Waals surface area contributed by atoms with Crippen LogP contribution in [0.5, 0.6) is 11.5 Å². The van der Waals surface area contributed by atoms with Crippen molar-refractivity contribution in [3.63, 3.8) is 0 Å². The number of tetrazole rings is 1. The average Bonchev–Trinajstić information content (AvgIpc) is 3.20. The van der Waals surface area contributed by atoms with Crippen LogP contribution in [0.15, 0.2) is 42.5 Å². The minimum Gasteiger partial charge on any atom is -0.497 e. The zero-order valence-electron chi connectivity index (χ0n) is 17.2. The van der Waals surface area contributed by atoms with Gasteiger partial charge in [-0.25, -0.2) is 0 Å². The van der Waals surface area contributed by atoms with Crippen molar-refractivity contribution in [2.24, 2.45) is 0 Å². The van der Waals surface area contributed by atoms with E-state index in [-0.39, 0.29) is 0 Å². The predicted molar refractivity (Wildman–Crippen MR) is 110 cm³/mol. The molecule has 1 fully saturated rings. The number of rotatable bonds is 6. The molecule has 1 aliphatic heterocycles. The van der Waals surface area contributed by atoms with Crippen LogP contribution in [-0.2, 0) is 6.54 Å². The highest BCUT2D eigenvalue weighted by atomic mass is 16.5. The second-order valence-electron chi connectivity index (χ2n) is 7.39. The van der Waals surface area contributed by atoms with Gasteiger partial charge in [0.05, 0.1) is 19.9 Å². The monoisotopic (exact) mass is 393 g/mol. The van der Waals surface area contributed by atoms with Crippen LogP contribution in [0.3, 0.4) is 0 Å². The van der Waals surface area contributed by atoms with Gasteiger partial charge < -0.3 is 9.47 Å². The summed E-state index contributed by atoms with van der Waals surface area (Å²) < 4.78 is 12.7. The Morgan fingerprint density at radius 3 is 2.55 bits per heavy atom. The van der Waals surface area contributed by atoms with E-state index in [1.807, 2.05) is 31.2 Å². The van der Waals surface area contributed by atoms with Crippen LogP contribution in [0.2, 0.25) is 0 Å². The van der Waals surface area contributed by atoms with Crippen LogP contribution in [0.1, 0.15) is 42.3 Å². The standard InChI is InChI=1S/C22H27N5O2/c1-16-23-24-25-27(16)19-9-12-22(29-3)18(14-19)15-26-13-5-4-6-21(26)17-7-10-20(28-2)11-8-17/h7-12,14,21H,4-6,13,15H2,1-3H3. The van der Waals surface area contributed by atoms with Gasteiger partial charge >= 0.3 is 0 Å². The van der Waals surface area contributed by atoms with Crippen LogP contribution in [-0.4, -0.2) is 45.9 Å². The van der Waals surface area contributed by atoms with Gasteiger partial charge in [-0.3, -0.25) is 4.90 Å². The van der Waals surface area contributed by atoms with E-state index < -0.39 is 0 Å². The van der Waals surface area contributed by atoms with E-state index in [4.69, 9.17) is 9.47 Å². The number of benzene rings is 2. The molecule has 1 aliphatic rings. The first-order chi connectivity index (χ1) is 14.2. The quantitative estimate of drug-likeness (QED) is 0.636. The smallest absolute Gasteiger partial charge is 0.153 e. The lowest BCUT2D eigenvalue weighted by Crippen LogP contribution is -2.33. The number of hydrogen-bond donors (Lipinski definition) is 0. The molecular formula is C22H27N5O2. The third-order valence-corrected chi connectivity index (χ3v) is 5.62. The Kier molecular flexibility index (Phi) is 5.76. The van der Waals surface area contributed by atoms with Crippen molar-refractivity contribution in [3.8, 4) is 17.2 Å². The van der Waals surface area contributed by atoms with Gasteiger partial charge in [-0.2, -0.15) is 4.68 Å². The van der Waals surface area contributed by atoms with E-state index >= 15 is 0 Å². The van der Waals surface area contributed by atoms with Gasteiger partial charge in [-0.15, -0.1) is 5.10 Å². The normalized spacial score (nSPS) is 17.3. The van der Waals surface area contributed by atoms with Gasteiger partial charge in [0.25, 0.3) is 0 Å². The second-order valence-corrected chi connectivity index (χ2v) is 7.39. The van der Waals surface area contributed by atoms with Crippen LogP contribution < -0.4 is 9.47 Å². The molecule has 1 saturated heterocycles. The average molecular weight is 393 g/mol. The number of ether oxygens (including phenoxy) is 2. The SMILES string of the molecule is COc1ccc(C2CCCCN2Cc2cc(-n3nnnc3C)ccc2OC)cc1. The summed E-state index contributed by atoms with van der Waals surface area (Å²) in [6.07, 6.45) is 3.61. The summed E-state index contributed by atoms with van der Waals surface area (Å²) in [6.45, 7) is 3.77. The largest absolute Gasteiger partial charge is 0.497 e. The minimum atomic E-state index is 0.387. The van der Waals surface area contributed by atoms with Crippen LogP contribution >= 0.6 is 0 Å². The number of likely N-dealkylation sites (tertiary alicyclic amines) is 1. The Morgan fingerprint density at radius 1 is 1.03 bits per heavy atom. The first-order valence-corrected chi connectivity index (χ1v) is 10.00. The molecule has 2 aromatic carbocycles. The Bertz CT molecular complexity index is 954. The first kappa shape index (κ1) is 19.4. The van der Waals surface area contributed by atoms with E-state index in [0.717, 1.165) is 48.1 Å². The molecule has 152 valence electrons. The first-order valence-electron chi connectivity index (χ1n) is 10.00. The fourth-order valence-corrected chi connectivity index (χ4v) is 4.09. The Balaban J connectivity index is 1.62. The number of piperidine rings is 1. The van der Waals surface area contributed by atoms with Crippen molar-refractivity contribution in [1.29, 1.82) is 0 Å². The summed E-state index contributed by atoms with van der Waals surface area (Å²) >= 11 is 0. The van der Waals surface area contributed by atoms with E-state index in [1.165, 1.54) is 18.4 Å². The van der Waals surface area contributed by atoms with Gasteiger partial charge in [0.2, 0.25) is 0 Å². The summed E-state index contributed by atoms with van der Waals surface area (Å²) in [7, 11) is 3.42. The lowest BCUT2D eigenvalue weighted by Gasteiger charge is -2.36. The highest BCUT2D eigenvalue weighted by molar-refractivity contribution is 5.44. The fraction of sp³-hybridized carbons (Fsp3) is 0.409. The third kappa shape index (κ3) is 4.10. The van der Waals surface area contributed by atoms with Crippen LogP contribution in [0.25, 0.3) is 5.69 Å². The Hall–Kier alpha value is -2.93. The van der Waals surface area contributed by atoms with E-state index in [0.29, 0.717) is 6.04 Å². The van der Waals surface area contributed by atoms with Gasteiger partial charge in [0, 0.05) is 18.2 Å². The minimum absolute atomic E-state index is 0.387. The lowest BCUT2D eigenvalue weighted by molar-refractivity contribution is 0.139. The molecule has 0 saturated carbocycles. The van der Waals surface area contributed by atoms with Crippen molar-refractivity contribution >= 4 is 0 Å². The molecule has 4 rings (SSSR count). The molecule has 0 radical (unpaired) electrons. The molecule has 0 spiro atoms. The molecule has 29 heavy (non-hydrogen) atoms. The van der Waals surface area contributed by atoms with E-state index in [2.05, 4.69) is 38.6 Å². The molecule has 1 atom stereocenters. The Labute approximate surface area is 171 Å². The summed E-state index contributed by atoms with van der Waals surface area (Å²) in [4.78, 5) is 2.54. The number of nitrogens with zero attached hydrogens (tertiary/aromatic N) is 5. The molecule has 0 bridgehead atoms. The maximum atomic E-state index is 5.66. The highest BCUT2D eigenvalue weighted by Crippen LogP contribution is 2.34. The number of aryl methyl sites for hydroxylation is 1. The molecule has 7 heteroatoms. The summed E-state index contributed by atoms with van der Waals surface area (Å²) in [6, 6.07) is 15.0. The predicted octanol–water partition coefficient (Wildman–Crippen LogP) is 3.72. The molecule has 1 unspecified atom stereocenters. The van der Waals surface area contributed by atoms with E-state index in [1.54, 1.807) is 18.9 Å². The fourth-order valence-electron chi connectivity index (χ4n) is 4.09. The molecule has 7 nitrogen and oxygen atoms in total. The summed E-state index contributed by atoms with van der Waals surface area (Å²) in [5.41, 5.74) is 3.42. The number of methoxy groups -OCH3 is 2. The highest BCUT2D eigenvalue weighted by Gasteiger charge is 2.25. The van der Waals surface area contributed by atoms with Crippen molar-refractivity contribution in [2.45, 2.75) is 38.8 Å². The molecular weight excluding hydrogens is 366 g/mol.